The minimum atomic E-state index is -0.284. The number of halogens is 1. The number of hydrogen-bond donors (Lipinski definition) is 1. The molecule has 1 saturated heterocycles. The van der Waals surface area contributed by atoms with Crippen molar-refractivity contribution in [2.75, 3.05) is 18.0 Å². The van der Waals surface area contributed by atoms with Crippen LogP contribution < -0.4 is 10.6 Å². The van der Waals surface area contributed by atoms with Gasteiger partial charge in [-0.05, 0) is 31.4 Å². The molecule has 5 heteroatoms. The van der Waals surface area contributed by atoms with Gasteiger partial charge in [0.25, 0.3) is 0 Å². The first-order valence-electron chi connectivity index (χ1n) is 8.30. The van der Waals surface area contributed by atoms with E-state index in [2.05, 4.69) is 21.8 Å². The smallest absolute Gasteiger partial charge is 0.164 e. The van der Waals surface area contributed by atoms with E-state index in [4.69, 9.17) is 5.73 Å². The molecule has 1 aromatic heterocycles. The molecule has 122 valence electrons. The molecule has 23 heavy (non-hydrogen) atoms. The lowest BCUT2D eigenvalue weighted by Crippen LogP contribution is -2.40. The van der Waals surface area contributed by atoms with E-state index in [1.165, 1.54) is 6.07 Å². The van der Waals surface area contributed by atoms with Crippen molar-refractivity contribution in [3.05, 3.63) is 41.8 Å². The molecule has 0 bridgehead atoms. The molecule has 0 spiro atoms. The first kappa shape index (κ1) is 15.9. The average molecular weight is 314 g/mol. The standard InChI is InChI=1S/C18H23FN4/c1-2-5-14-12-17(23-10-8-13(20)9-11-23)22-18(21-14)15-6-3-4-7-16(15)19/h3-4,6-7,12-13H,2,5,8-11,20H2,1H3. The summed E-state index contributed by atoms with van der Waals surface area (Å²) in [4.78, 5) is 11.4. The summed E-state index contributed by atoms with van der Waals surface area (Å²) in [6.07, 6.45) is 3.78. The molecule has 2 aromatic rings. The fourth-order valence-corrected chi connectivity index (χ4v) is 2.92. The van der Waals surface area contributed by atoms with E-state index in [9.17, 15) is 4.39 Å². The van der Waals surface area contributed by atoms with Gasteiger partial charge < -0.3 is 10.6 Å². The molecule has 0 unspecified atom stereocenters. The quantitative estimate of drug-likeness (QED) is 0.942. The Morgan fingerprint density at radius 2 is 1.96 bits per heavy atom. The van der Waals surface area contributed by atoms with E-state index < -0.39 is 0 Å². The third-order valence-corrected chi connectivity index (χ3v) is 4.25. The van der Waals surface area contributed by atoms with Gasteiger partial charge in [0.05, 0.1) is 5.56 Å². The first-order valence-corrected chi connectivity index (χ1v) is 8.30. The summed E-state index contributed by atoms with van der Waals surface area (Å²) in [5.74, 6) is 1.07. The van der Waals surface area contributed by atoms with Crippen molar-refractivity contribution in [1.82, 2.24) is 9.97 Å². The Kier molecular flexibility index (Phi) is 4.86. The zero-order chi connectivity index (χ0) is 16.2. The zero-order valence-electron chi connectivity index (χ0n) is 13.5. The van der Waals surface area contributed by atoms with E-state index in [-0.39, 0.29) is 11.9 Å². The van der Waals surface area contributed by atoms with Crippen molar-refractivity contribution in [3.63, 3.8) is 0 Å². The Labute approximate surface area is 136 Å². The maximum atomic E-state index is 14.1. The van der Waals surface area contributed by atoms with Crippen LogP contribution >= 0.6 is 0 Å². The van der Waals surface area contributed by atoms with Crippen molar-refractivity contribution in [1.29, 1.82) is 0 Å². The van der Waals surface area contributed by atoms with Crippen LogP contribution in [0.15, 0.2) is 30.3 Å². The highest BCUT2D eigenvalue weighted by atomic mass is 19.1. The second-order valence-corrected chi connectivity index (χ2v) is 6.10. The lowest BCUT2D eigenvalue weighted by atomic mass is 10.1. The fourth-order valence-electron chi connectivity index (χ4n) is 2.92. The third-order valence-electron chi connectivity index (χ3n) is 4.25. The van der Waals surface area contributed by atoms with Crippen LogP contribution in [-0.2, 0) is 6.42 Å². The predicted molar refractivity (Wildman–Crippen MR) is 90.8 cm³/mol. The van der Waals surface area contributed by atoms with Gasteiger partial charge in [-0.1, -0.05) is 25.5 Å². The van der Waals surface area contributed by atoms with Crippen molar-refractivity contribution >= 4 is 5.82 Å². The number of piperidine rings is 1. The molecule has 1 aliphatic heterocycles. The van der Waals surface area contributed by atoms with Gasteiger partial charge in [0.1, 0.15) is 11.6 Å². The zero-order valence-corrected chi connectivity index (χ0v) is 13.5. The molecule has 1 fully saturated rings. The van der Waals surface area contributed by atoms with Gasteiger partial charge in [-0.25, -0.2) is 14.4 Å². The van der Waals surface area contributed by atoms with E-state index >= 15 is 0 Å². The molecule has 1 aromatic carbocycles. The minimum Gasteiger partial charge on any atom is -0.356 e. The molecule has 0 saturated carbocycles. The van der Waals surface area contributed by atoms with E-state index in [0.29, 0.717) is 11.4 Å². The molecule has 4 nitrogen and oxygen atoms in total. The molecule has 1 aliphatic rings. The molecule has 0 amide bonds. The average Bonchev–Trinajstić information content (AvgIpc) is 2.56. The summed E-state index contributed by atoms with van der Waals surface area (Å²) in [6, 6.07) is 8.98. The van der Waals surface area contributed by atoms with Crippen LogP contribution in [0.25, 0.3) is 11.4 Å². The minimum absolute atomic E-state index is 0.272. The lowest BCUT2D eigenvalue weighted by molar-refractivity contribution is 0.498. The maximum Gasteiger partial charge on any atom is 0.164 e. The van der Waals surface area contributed by atoms with E-state index in [1.807, 2.05) is 12.1 Å². The van der Waals surface area contributed by atoms with Gasteiger partial charge in [-0.15, -0.1) is 0 Å². The van der Waals surface area contributed by atoms with Crippen LogP contribution in [0.5, 0.6) is 0 Å². The Morgan fingerprint density at radius 3 is 2.65 bits per heavy atom. The number of hydrogen-bond acceptors (Lipinski definition) is 4. The predicted octanol–water partition coefficient (Wildman–Crippen LogP) is 3.16. The highest BCUT2D eigenvalue weighted by Crippen LogP contribution is 2.24. The Bertz CT molecular complexity index is 666. The number of nitrogens with two attached hydrogens (primary N) is 1. The van der Waals surface area contributed by atoms with Crippen LogP contribution in [-0.4, -0.2) is 29.1 Å². The summed E-state index contributed by atoms with van der Waals surface area (Å²) in [6.45, 7) is 3.89. The highest BCUT2D eigenvalue weighted by Gasteiger charge is 2.19. The summed E-state index contributed by atoms with van der Waals surface area (Å²) >= 11 is 0. The van der Waals surface area contributed by atoms with Gasteiger partial charge in [-0.2, -0.15) is 0 Å². The summed E-state index contributed by atoms with van der Waals surface area (Å²) in [5, 5.41) is 0. The number of aryl methyl sites for hydroxylation is 1. The second-order valence-electron chi connectivity index (χ2n) is 6.10. The van der Waals surface area contributed by atoms with Gasteiger partial charge in [0, 0.05) is 30.9 Å². The second kappa shape index (κ2) is 7.04. The Hall–Kier alpha value is -2.01. The monoisotopic (exact) mass is 314 g/mol. The third kappa shape index (κ3) is 3.67. The maximum absolute atomic E-state index is 14.1. The Balaban J connectivity index is 1.98. The first-order chi connectivity index (χ1) is 11.2. The van der Waals surface area contributed by atoms with Gasteiger partial charge >= 0.3 is 0 Å². The summed E-state index contributed by atoms with van der Waals surface area (Å²) in [7, 11) is 0. The Morgan fingerprint density at radius 1 is 1.22 bits per heavy atom. The number of rotatable bonds is 4. The molecule has 3 rings (SSSR count). The fraction of sp³-hybridized carbons (Fsp3) is 0.444. The summed E-state index contributed by atoms with van der Waals surface area (Å²) in [5.41, 5.74) is 7.41. The molecule has 2 heterocycles. The molecular formula is C18H23FN4. The molecule has 0 atom stereocenters. The SMILES string of the molecule is CCCc1cc(N2CCC(N)CC2)nc(-c2ccccc2F)n1. The van der Waals surface area contributed by atoms with Gasteiger partial charge in [0.15, 0.2) is 5.82 Å². The molecule has 2 N–H and O–H groups in total. The topological polar surface area (TPSA) is 55.0 Å². The number of benzene rings is 1. The van der Waals surface area contributed by atoms with Crippen molar-refractivity contribution in [2.24, 2.45) is 5.73 Å². The van der Waals surface area contributed by atoms with Crippen LogP contribution in [0.4, 0.5) is 10.2 Å². The highest BCUT2D eigenvalue weighted by molar-refractivity contribution is 5.59. The number of aromatic nitrogens is 2. The number of anilines is 1. The normalized spacial score (nSPS) is 15.9. The van der Waals surface area contributed by atoms with Crippen molar-refractivity contribution < 1.29 is 4.39 Å². The van der Waals surface area contributed by atoms with Crippen LogP contribution in [0.3, 0.4) is 0 Å². The van der Waals surface area contributed by atoms with E-state index in [0.717, 1.165) is 50.3 Å². The van der Waals surface area contributed by atoms with Gasteiger partial charge in [0.2, 0.25) is 0 Å². The van der Waals surface area contributed by atoms with Crippen molar-refractivity contribution in [3.8, 4) is 11.4 Å². The molecule has 0 aliphatic carbocycles. The van der Waals surface area contributed by atoms with Gasteiger partial charge in [-0.3, -0.25) is 0 Å². The van der Waals surface area contributed by atoms with E-state index in [1.54, 1.807) is 12.1 Å². The lowest BCUT2D eigenvalue weighted by Gasteiger charge is -2.31. The molecular weight excluding hydrogens is 291 g/mol. The van der Waals surface area contributed by atoms with Crippen LogP contribution in [0.1, 0.15) is 31.9 Å². The summed E-state index contributed by atoms with van der Waals surface area (Å²) < 4.78 is 14.1. The van der Waals surface area contributed by atoms with Crippen LogP contribution in [0.2, 0.25) is 0 Å². The number of nitrogens with zero attached hydrogens (tertiary/aromatic N) is 3. The molecule has 0 radical (unpaired) electrons. The largest absolute Gasteiger partial charge is 0.356 e. The van der Waals surface area contributed by atoms with Crippen LogP contribution in [0, 0.1) is 5.82 Å². The van der Waals surface area contributed by atoms with Crippen molar-refractivity contribution in [2.45, 2.75) is 38.6 Å².